The van der Waals surface area contributed by atoms with Gasteiger partial charge in [0.1, 0.15) is 5.60 Å². The fourth-order valence-corrected chi connectivity index (χ4v) is 8.02. The molecule has 4 saturated carbocycles. The zero-order valence-corrected chi connectivity index (χ0v) is 17.0. The van der Waals surface area contributed by atoms with Crippen LogP contribution in [0.25, 0.3) is 0 Å². The third-order valence-electron chi connectivity index (χ3n) is 9.02. The second-order valence-corrected chi connectivity index (χ2v) is 11.2. The number of carbonyl (C=O) groups is 2. The van der Waals surface area contributed by atoms with Crippen LogP contribution >= 0.6 is 0 Å². The number of hydrogen-bond donors (Lipinski definition) is 0. The topological polar surface area (TPSA) is 49.9 Å². The largest absolute Gasteiger partial charge is 0.371 e. The average molecular weight is 387 g/mol. The summed E-state index contributed by atoms with van der Waals surface area (Å²) in [6.07, 6.45) is 11.6. The normalized spacial score (nSPS) is 43.6. The highest BCUT2D eigenvalue weighted by Gasteiger charge is 2.58. The summed E-state index contributed by atoms with van der Waals surface area (Å²) in [4.78, 5) is 29.5. The molecule has 3 saturated heterocycles. The van der Waals surface area contributed by atoms with Gasteiger partial charge in [-0.1, -0.05) is 0 Å². The fourth-order valence-electron chi connectivity index (χ4n) is 8.02. The lowest BCUT2D eigenvalue weighted by atomic mass is 9.49. The molecule has 1 atom stereocenters. The molecule has 0 aromatic rings. The van der Waals surface area contributed by atoms with Gasteiger partial charge >= 0.3 is 0 Å². The first kappa shape index (κ1) is 17.7. The Balaban J connectivity index is 1.04. The minimum absolute atomic E-state index is 0.0102. The van der Waals surface area contributed by atoms with Crippen LogP contribution in [0.3, 0.4) is 0 Å². The molecule has 3 heterocycles. The quantitative estimate of drug-likeness (QED) is 0.749. The van der Waals surface area contributed by atoms with Gasteiger partial charge in [-0.05, 0) is 75.5 Å². The van der Waals surface area contributed by atoms with Crippen LogP contribution in [0.15, 0.2) is 0 Å². The molecule has 7 rings (SSSR count). The van der Waals surface area contributed by atoms with Crippen molar-refractivity contribution < 1.29 is 14.3 Å². The first-order chi connectivity index (χ1) is 13.5. The van der Waals surface area contributed by atoms with E-state index in [1.807, 2.05) is 4.90 Å². The summed E-state index contributed by atoms with van der Waals surface area (Å²) in [5, 5.41) is 0. The van der Waals surface area contributed by atoms with E-state index in [0.29, 0.717) is 17.7 Å². The number of hydrogen-bond acceptors (Lipinski definition) is 3. The van der Waals surface area contributed by atoms with Gasteiger partial charge in [-0.3, -0.25) is 9.59 Å². The fraction of sp³-hybridized carbons (Fsp3) is 0.913. The van der Waals surface area contributed by atoms with Crippen molar-refractivity contribution in [2.75, 3.05) is 32.8 Å². The third-order valence-corrected chi connectivity index (χ3v) is 9.02. The molecule has 5 heteroatoms. The van der Waals surface area contributed by atoms with Crippen LogP contribution in [-0.4, -0.2) is 60.0 Å². The SMILES string of the molecule is O=C1CCCN1C[C@@H]1CCC2(CN(C(=O)C34CC5CC(CC(C5)C3)C4)C2)OC1. The molecule has 0 unspecified atom stereocenters. The summed E-state index contributed by atoms with van der Waals surface area (Å²) < 4.78 is 6.33. The summed E-state index contributed by atoms with van der Waals surface area (Å²) in [6.45, 7) is 4.16. The summed E-state index contributed by atoms with van der Waals surface area (Å²) in [6, 6.07) is 0. The van der Waals surface area contributed by atoms with E-state index in [0.717, 1.165) is 95.5 Å². The Labute approximate surface area is 168 Å². The van der Waals surface area contributed by atoms with Crippen LogP contribution in [-0.2, 0) is 14.3 Å². The molecule has 4 bridgehead atoms. The number of nitrogens with zero attached hydrogens (tertiary/aromatic N) is 2. The van der Waals surface area contributed by atoms with Gasteiger partial charge in [0.25, 0.3) is 0 Å². The van der Waals surface area contributed by atoms with Crippen molar-refractivity contribution in [3.63, 3.8) is 0 Å². The number of ether oxygens (including phenoxy) is 1. The standard InChI is InChI=1S/C23H34N2O3/c26-20-2-1-5-24(20)12-16-3-4-23(28-13-16)14-25(15-23)21(27)22-9-17-6-18(10-22)8-19(7-17)11-22/h16-19H,1-15H2/t16-,17?,18?,19?,22?/m0/s1. The molecule has 0 aromatic carbocycles. The van der Waals surface area contributed by atoms with Crippen molar-refractivity contribution in [3.05, 3.63) is 0 Å². The molecular weight excluding hydrogens is 352 g/mol. The first-order valence-electron chi connectivity index (χ1n) is 11.7. The minimum Gasteiger partial charge on any atom is -0.371 e. The van der Waals surface area contributed by atoms with E-state index in [1.54, 1.807) is 0 Å². The molecule has 7 aliphatic rings. The van der Waals surface area contributed by atoms with E-state index in [1.165, 1.54) is 19.3 Å². The second kappa shape index (κ2) is 6.20. The van der Waals surface area contributed by atoms with Gasteiger partial charge < -0.3 is 14.5 Å². The highest BCUT2D eigenvalue weighted by atomic mass is 16.5. The lowest BCUT2D eigenvalue weighted by molar-refractivity contribution is -0.203. The molecule has 0 aromatic heterocycles. The maximum atomic E-state index is 13.5. The van der Waals surface area contributed by atoms with Crippen LogP contribution in [0.5, 0.6) is 0 Å². The predicted octanol–water partition coefficient (Wildman–Crippen LogP) is 2.83. The third kappa shape index (κ3) is 2.75. The van der Waals surface area contributed by atoms with Crippen molar-refractivity contribution >= 4 is 11.8 Å². The maximum Gasteiger partial charge on any atom is 0.229 e. The molecule has 2 amide bonds. The Morgan fingerprint density at radius 1 is 1.07 bits per heavy atom. The van der Waals surface area contributed by atoms with Gasteiger partial charge in [0.05, 0.1) is 25.1 Å². The molecule has 3 aliphatic heterocycles. The van der Waals surface area contributed by atoms with Gasteiger partial charge in [0.2, 0.25) is 11.8 Å². The molecule has 28 heavy (non-hydrogen) atoms. The summed E-state index contributed by atoms with van der Waals surface area (Å²) in [7, 11) is 0. The lowest BCUT2D eigenvalue weighted by Crippen LogP contribution is -2.69. The van der Waals surface area contributed by atoms with E-state index in [4.69, 9.17) is 4.74 Å². The molecular formula is C23H34N2O3. The zero-order chi connectivity index (χ0) is 18.9. The first-order valence-corrected chi connectivity index (χ1v) is 11.7. The maximum absolute atomic E-state index is 13.5. The average Bonchev–Trinajstić information content (AvgIpc) is 3.04. The Hall–Kier alpha value is -1.10. The van der Waals surface area contributed by atoms with Crippen LogP contribution in [0, 0.1) is 29.1 Å². The summed E-state index contributed by atoms with van der Waals surface area (Å²) in [5.74, 6) is 3.73. The summed E-state index contributed by atoms with van der Waals surface area (Å²) in [5.41, 5.74) is -0.0901. The van der Waals surface area contributed by atoms with Gasteiger partial charge in [0.15, 0.2) is 0 Å². The highest BCUT2D eigenvalue weighted by Crippen LogP contribution is 2.61. The van der Waals surface area contributed by atoms with Gasteiger partial charge in [-0.15, -0.1) is 0 Å². The second-order valence-electron chi connectivity index (χ2n) is 11.2. The van der Waals surface area contributed by atoms with Crippen LogP contribution in [0.4, 0.5) is 0 Å². The monoisotopic (exact) mass is 386 g/mol. The van der Waals surface area contributed by atoms with Crippen LogP contribution in [0.1, 0.15) is 64.2 Å². The molecule has 0 N–H and O–H groups in total. The Kier molecular flexibility index (Phi) is 3.93. The van der Waals surface area contributed by atoms with Crippen molar-refractivity contribution in [2.24, 2.45) is 29.1 Å². The van der Waals surface area contributed by atoms with E-state index < -0.39 is 0 Å². The number of amides is 2. The predicted molar refractivity (Wildman–Crippen MR) is 104 cm³/mol. The number of carbonyl (C=O) groups excluding carboxylic acids is 2. The van der Waals surface area contributed by atoms with Crippen molar-refractivity contribution in [1.29, 1.82) is 0 Å². The Bertz CT molecular complexity index is 638. The van der Waals surface area contributed by atoms with Crippen molar-refractivity contribution in [3.8, 4) is 0 Å². The van der Waals surface area contributed by atoms with Crippen molar-refractivity contribution in [1.82, 2.24) is 9.80 Å². The van der Waals surface area contributed by atoms with E-state index in [9.17, 15) is 9.59 Å². The molecule has 0 radical (unpaired) electrons. The van der Waals surface area contributed by atoms with Gasteiger partial charge in [-0.2, -0.15) is 0 Å². The number of likely N-dealkylation sites (tertiary alicyclic amines) is 2. The highest BCUT2D eigenvalue weighted by molar-refractivity contribution is 5.84. The van der Waals surface area contributed by atoms with Crippen LogP contribution < -0.4 is 0 Å². The van der Waals surface area contributed by atoms with Crippen molar-refractivity contribution in [2.45, 2.75) is 69.8 Å². The molecule has 5 nitrogen and oxygen atoms in total. The van der Waals surface area contributed by atoms with E-state index >= 15 is 0 Å². The zero-order valence-electron chi connectivity index (χ0n) is 17.0. The van der Waals surface area contributed by atoms with Gasteiger partial charge in [0, 0.05) is 25.4 Å². The Morgan fingerprint density at radius 3 is 2.29 bits per heavy atom. The smallest absolute Gasteiger partial charge is 0.229 e. The Morgan fingerprint density at radius 2 is 1.75 bits per heavy atom. The summed E-state index contributed by atoms with van der Waals surface area (Å²) >= 11 is 0. The lowest BCUT2D eigenvalue weighted by Gasteiger charge is -2.60. The molecule has 4 aliphatic carbocycles. The molecule has 1 spiro atoms. The molecule has 154 valence electrons. The number of rotatable bonds is 3. The molecule has 7 fully saturated rings. The van der Waals surface area contributed by atoms with E-state index in [-0.39, 0.29) is 11.0 Å². The minimum atomic E-state index is -0.0799. The van der Waals surface area contributed by atoms with Gasteiger partial charge in [-0.25, -0.2) is 0 Å². The van der Waals surface area contributed by atoms with E-state index in [2.05, 4.69) is 4.90 Å². The van der Waals surface area contributed by atoms with Crippen LogP contribution in [0.2, 0.25) is 0 Å².